The number of amides is 1. The second kappa shape index (κ2) is 8.53. The predicted molar refractivity (Wildman–Crippen MR) is 118 cm³/mol. The number of thiophene rings is 1. The van der Waals surface area contributed by atoms with Gasteiger partial charge in [0.2, 0.25) is 10.0 Å². The van der Waals surface area contributed by atoms with E-state index in [0.29, 0.717) is 9.90 Å². The SMILES string of the molecule is C=CCOC(=O)Nc1ccc2c(c1)CC1CCC(C2)C1NS(=O)(=O)c1ccc(C)s1. The van der Waals surface area contributed by atoms with E-state index in [9.17, 15) is 13.2 Å². The molecule has 1 saturated carbocycles. The summed E-state index contributed by atoms with van der Waals surface area (Å²) in [5.74, 6) is 0.526. The normalized spacial score (nSPS) is 22.8. The molecule has 1 fully saturated rings. The Morgan fingerprint density at radius 2 is 1.93 bits per heavy atom. The number of anilines is 1. The van der Waals surface area contributed by atoms with Gasteiger partial charge in [-0.25, -0.2) is 17.9 Å². The lowest BCUT2D eigenvalue weighted by Gasteiger charge is -2.23. The van der Waals surface area contributed by atoms with Crippen LogP contribution in [0.3, 0.4) is 0 Å². The minimum Gasteiger partial charge on any atom is -0.445 e. The monoisotopic (exact) mass is 446 g/mol. The van der Waals surface area contributed by atoms with Gasteiger partial charge in [-0.15, -0.1) is 11.3 Å². The predicted octanol–water partition coefficient (Wildman–Crippen LogP) is 4.26. The van der Waals surface area contributed by atoms with Crippen LogP contribution in [0.1, 0.15) is 28.8 Å². The molecule has 2 aromatic rings. The smallest absolute Gasteiger partial charge is 0.411 e. The Morgan fingerprint density at radius 1 is 1.20 bits per heavy atom. The third-order valence-corrected chi connectivity index (χ3v) is 8.90. The molecule has 2 N–H and O–H groups in total. The summed E-state index contributed by atoms with van der Waals surface area (Å²) >= 11 is 1.30. The lowest BCUT2D eigenvalue weighted by molar-refractivity contribution is 0.174. The van der Waals surface area contributed by atoms with Crippen LogP contribution in [-0.2, 0) is 27.6 Å². The molecule has 1 heterocycles. The Hall–Kier alpha value is -2.16. The lowest BCUT2D eigenvalue weighted by atomic mass is 9.93. The van der Waals surface area contributed by atoms with E-state index < -0.39 is 16.1 Å². The van der Waals surface area contributed by atoms with Crippen molar-refractivity contribution in [2.45, 2.75) is 42.9 Å². The number of aryl methyl sites for hydroxylation is 1. The summed E-state index contributed by atoms with van der Waals surface area (Å²) in [6.45, 7) is 5.60. The number of hydrogen-bond donors (Lipinski definition) is 2. The number of nitrogens with one attached hydrogen (secondary N) is 2. The third-order valence-electron chi connectivity index (χ3n) is 5.94. The van der Waals surface area contributed by atoms with E-state index >= 15 is 0 Å². The van der Waals surface area contributed by atoms with Crippen molar-refractivity contribution in [3.63, 3.8) is 0 Å². The first kappa shape index (κ1) is 21.1. The summed E-state index contributed by atoms with van der Waals surface area (Å²) in [6.07, 6.45) is 4.66. The van der Waals surface area contributed by atoms with E-state index in [2.05, 4.69) is 16.6 Å². The molecule has 30 heavy (non-hydrogen) atoms. The van der Waals surface area contributed by atoms with Crippen LogP contribution in [0.25, 0.3) is 0 Å². The standard InChI is InChI=1S/C22H26N2O4S2/c1-3-10-28-22(25)23-19-8-7-15-11-16-5-6-17(12-18(15)13-19)21(16)24-30(26,27)20-9-4-14(2)29-20/h3-4,7-9,13,16-17,21,24H,1,5-6,10-12H2,2H3,(H,23,25). The lowest BCUT2D eigenvalue weighted by Crippen LogP contribution is -2.41. The third kappa shape index (κ3) is 4.45. The van der Waals surface area contributed by atoms with Gasteiger partial charge in [0.1, 0.15) is 10.8 Å². The van der Waals surface area contributed by atoms with Crippen LogP contribution in [0.5, 0.6) is 0 Å². The molecule has 0 aliphatic heterocycles. The number of benzene rings is 1. The van der Waals surface area contributed by atoms with Gasteiger partial charge in [-0.2, -0.15) is 0 Å². The van der Waals surface area contributed by atoms with Gasteiger partial charge >= 0.3 is 6.09 Å². The molecule has 2 bridgehead atoms. The fourth-order valence-corrected chi connectivity index (χ4v) is 7.24. The minimum atomic E-state index is -3.51. The second-order valence-corrected chi connectivity index (χ2v) is 11.2. The molecule has 1 aromatic carbocycles. The highest BCUT2D eigenvalue weighted by molar-refractivity contribution is 7.91. The average molecular weight is 447 g/mol. The molecule has 6 nitrogen and oxygen atoms in total. The summed E-state index contributed by atoms with van der Waals surface area (Å²) in [7, 11) is -3.51. The van der Waals surface area contributed by atoms with Crippen molar-refractivity contribution >= 4 is 33.1 Å². The second-order valence-electron chi connectivity index (χ2n) is 8.01. The van der Waals surface area contributed by atoms with Crippen LogP contribution < -0.4 is 10.0 Å². The number of sulfonamides is 1. The van der Waals surface area contributed by atoms with Gasteiger partial charge in [0, 0.05) is 16.6 Å². The first-order chi connectivity index (χ1) is 14.4. The topological polar surface area (TPSA) is 84.5 Å². The average Bonchev–Trinajstić information content (AvgIpc) is 3.24. The Labute approximate surface area is 181 Å². The molecule has 8 heteroatoms. The van der Waals surface area contributed by atoms with E-state index in [1.54, 1.807) is 6.07 Å². The van der Waals surface area contributed by atoms with Crippen molar-refractivity contribution in [3.05, 3.63) is 59.0 Å². The number of fused-ring (bicyclic) bond motifs is 3. The summed E-state index contributed by atoms with van der Waals surface area (Å²) < 4.78 is 34.2. The zero-order valence-corrected chi connectivity index (χ0v) is 18.5. The van der Waals surface area contributed by atoms with Crippen molar-refractivity contribution in [3.8, 4) is 0 Å². The maximum Gasteiger partial charge on any atom is 0.411 e. The molecule has 1 amide bonds. The van der Waals surface area contributed by atoms with Gasteiger partial charge < -0.3 is 4.74 Å². The molecular weight excluding hydrogens is 420 g/mol. The van der Waals surface area contributed by atoms with E-state index in [1.807, 2.05) is 31.2 Å². The van der Waals surface area contributed by atoms with Crippen LogP contribution in [0.2, 0.25) is 0 Å². The van der Waals surface area contributed by atoms with Gasteiger partial charge in [-0.1, -0.05) is 18.7 Å². The van der Waals surface area contributed by atoms with Crippen LogP contribution in [0, 0.1) is 18.8 Å². The Bertz CT molecular complexity index is 1060. The first-order valence-electron chi connectivity index (χ1n) is 10.1. The molecule has 2 aliphatic carbocycles. The van der Waals surface area contributed by atoms with Gasteiger partial charge in [-0.3, -0.25) is 5.32 Å². The number of carbonyl (C=O) groups excluding carboxylic acids is 1. The van der Waals surface area contributed by atoms with Crippen molar-refractivity contribution < 1.29 is 17.9 Å². The van der Waals surface area contributed by atoms with Gasteiger partial charge in [0.15, 0.2) is 0 Å². The number of ether oxygens (including phenoxy) is 1. The molecule has 3 atom stereocenters. The van der Waals surface area contributed by atoms with Crippen molar-refractivity contribution in [1.82, 2.24) is 4.72 Å². The largest absolute Gasteiger partial charge is 0.445 e. The zero-order chi connectivity index (χ0) is 21.3. The van der Waals surface area contributed by atoms with E-state index in [4.69, 9.17) is 4.74 Å². The molecule has 3 unspecified atom stereocenters. The van der Waals surface area contributed by atoms with Crippen molar-refractivity contribution in [1.29, 1.82) is 0 Å². The summed E-state index contributed by atoms with van der Waals surface area (Å²) in [6, 6.07) is 9.34. The van der Waals surface area contributed by atoms with E-state index in [0.717, 1.165) is 30.6 Å². The Balaban J connectivity index is 1.51. The van der Waals surface area contributed by atoms with Gasteiger partial charge in [-0.05, 0) is 79.8 Å². The fourth-order valence-electron chi connectivity index (χ4n) is 4.56. The quantitative estimate of drug-likeness (QED) is 0.649. The minimum absolute atomic E-state index is 0.0706. The van der Waals surface area contributed by atoms with Gasteiger partial charge in [0.05, 0.1) is 0 Å². The molecule has 0 spiro atoms. The van der Waals surface area contributed by atoms with Crippen LogP contribution in [0.15, 0.2) is 47.2 Å². The highest BCUT2D eigenvalue weighted by Gasteiger charge is 2.41. The molecule has 2 aliphatic rings. The Morgan fingerprint density at radius 3 is 2.60 bits per heavy atom. The number of carbonyl (C=O) groups is 1. The van der Waals surface area contributed by atoms with Gasteiger partial charge in [0.25, 0.3) is 0 Å². The van der Waals surface area contributed by atoms with E-state index in [-0.39, 0.29) is 24.5 Å². The van der Waals surface area contributed by atoms with Crippen LogP contribution in [-0.4, -0.2) is 27.2 Å². The maximum absolute atomic E-state index is 12.9. The van der Waals surface area contributed by atoms with Crippen molar-refractivity contribution in [2.75, 3.05) is 11.9 Å². The van der Waals surface area contributed by atoms with Crippen LogP contribution >= 0.6 is 11.3 Å². The summed E-state index contributed by atoms with van der Waals surface area (Å²) in [5, 5.41) is 2.75. The molecular formula is C22H26N2O4S2. The molecule has 0 saturated heterocycles. The first-order valence-corrected chi connectivity index (χ1v) is 12.4. The highest BCUT2D eigenvalue weighted by atomic mass is 32.2. The summed E-state index contributed by atoms with van der Waals surface area (Å²) in [4.78, 5) is 12.8. The molecule has 0 radical (unpaired) electrons. The number of hydrogen-bond acceptors (Lipinski definition) is 5. The molecule has 4 rings (SSSR count). The van der Waals surface area contributed by atoms with Crippen molar-refractivity contribution in [2.24, 2.45) is 11.8 Å². The summed E-state index contributed by atoms with van der Waals surface area (Å²) in [5.41, 5.74) is 3.08. The fraction of sp³-hybridized carbons (Fsp3) is 0.409. The van der Waals surface area contributed by atoms with Crippen LogP contribution in [0.4, 0.5) is 10.5 Å². The number of rotatable bonds is 6. The van der Waals surface area contributed by atoms with E-state index in [1.165, 1.54) is 28.5 Å². The Kier molecular flexibility index (Phi) is 5.99. The molecule has 1 aromatic heterocycles. The highest BCUT2D eigenvalue weighted by Crippen LogP contribution is 2.41. The maximum atomic E-state index is 12.9. The zero-order valence-electron chi connectivity index (χ0n) is 16.9. The molecule has 160 valence electrons.